The Hall–Kier alpha value is -1.32. The molecule has 0 spiro atoms. The summed E-state index contributed by atoms with van der Waals surface area (Å²) in [7, 11) is 0. The van der Waals surface area contributed by atoms with Crippen molar-refractivity contribution >= 4 is 11.9 Å². The summed E-state index contributed by atoms with van der Waals surface area (Å²) in [5, 5.41) is 0. The molecule has 29 heavy (non-hydrogen) atoms. The molecule has 0 radical (unpaired) electrons. The van der Waals surface area contributed by atoms with Crippen LogP contribution in [0.3, 0.4) is 0 Å². The van der Waals surface area contributed by atoms with E-state index in [0.717, 1.165) is 25.2 Å². The van der Waals surface area contributed by atoms with E-state index in [9.17, 15) is 9.59 Å². The molecule has 1 saturated heterocycles. The van der Waals surface area contributed by atoms with Crippen LogP contribution in [0.15, 0.2) is 11.6 Å². The second-order valence-corrected chi connectivity index (χ2v) is 11.1. The predicted octanol–water partition coefficient (Wildman–Crippen LogP) is 5.06. The summed E-state index contributed by atoms with van der Waals surface area (Å²) in [4.78, 5) is 23.2. The molecule has 1 aliphatic heterocycles. The Kier molecular flexibility index (Phi) is 4.64. The smallest absolute Gasteiger partial charge is 0.306 e. The summed E-state index contributed by atoms with van der Waals surface area (Å²) in [6.07, 6.45) is 12.8. The second-order valence-electron chi connectivity index (χ2n) is 11.1. The minimum Gasteiger partial charge on any atom is -0.465 e. The lowest BCUT2D eigenvalue weighted by Crippen LogP contribution is -2.52. The van der Waals surface area contributed by atoms with E-state index in [4.69, 9.17) is 9.47 Å². The zero-order chi connectivity index (χ0) is 20.4. The van der Waals surface area contributed by atoms with Gasteiger partial charge in [0.2, 0.25) is 0 Å². The fourth-order valence-electron chi connectivity index (χ4n) is 8.43. The highest BCUT2D eigenvalue weighted by molar-refractivity contribution is 5.71. The van der Waals surface area contributed by atoms with Crippen LogP contribution in [0.25, 0.3) is 0 Å². The zero-order valence-corrected chi connectivity index (χ0v) is 18.2. The van der Waals surface area contributed by atoms with Gasteiger partial charge in [0.25, 0.3) is 0 Å². The van der Waals surface area contributed by atoms with Gasteiger partial charge in [0.05, 0.1) is 13.0 Å². The molecule has 4 nitrogen and oxygen atoms in total. The molecule has 5 aliphatic rings. The van der Waals surface area contributed by atoms with E-state index in [1.54, 1.807) is 12.5 Å². The quantitative estimate of drug-likeness (QED) is 0.480. The van der Waals surface area contributed by atoms with Gasteiger partial charge in [0.15, 0.2) is 0 Å². The van der Waals surface area contributed by atoms with Crippen molar-refractivity contribution in [2.45, 2.75) is 84.7 Å². The van der Waals surface area contributed by atoms with E-state index >= 15 is 0 Å². The number of rotatable bonds is 2. The zero-order valence-electron chi connectivity index (χ0n) is 18.2. The number of fused-ring (bicyclic) bond motifs is 5. The van der Waals surface area contributed by atoms with Gasteiger partial charge in [-0.3, -0.25) is 9.59 Å². The maximum atomic E-state index is 11.7. The lowest BCUT2D eigenvalue weighted by molar-refractivity contribution is -0.155. The van der Waals surface area contributed by atoms with Crippen molar-refractivity contribution < 1.29 is 19.1 Å². The largest absolute Gasteiger partial charge is 0.465 e. The van der Waals surface area contributed by atoms with Crippen LogP contribution in [0.2, 0.25) is 0 Å². The maximum absolute atomic E-state index is 11.7. The van der Waals surface area contributed by atoms with Crippen molar-refractivity contribution in [2.75, 3.05) is 6.61 Å². The third-order valence-corrected chi connectivity index (χ3v) is 9.88. The van der Waals surface area contributed by atoms with Gasteiger partial charge in [-0.25, -0.2) is 0 Å². The number of cyclic esters (lactones) is 1. The van der Waals surface area contributed by atoms with E-state index < -0.39 is 0 Å². The minimum absolute atomic E-state index is 0.00158. The number of esters is 2. The average molecular weight is 401 g/mol. The van der Waals surface area contributed by atoms with Gasteiger partial charge in [-0.2, -0.15) is 0 Å². The lowest BCUT2D eigenvalue weighted by atomic mass is 9.45. The Morgan fingerprint density at radius 1 is 1.14 bits per heavy atom. The second kappa shape index (κ2) is 6.85. The molecular weight excluding hydrogens is 364 g/mol. The first-order chi connectivity index (χ1) is 13.8. The minimum atomic E-state index is -0.128. The van der Waals surface area contributed by atoms with Crippen LogP contribution < -0.4 is 0 Å². The third-order valence-electron chi connectivity index (χ3n) is 9.88. The molecule has 0 bridgehead atoms. The number of carbonyl (C=O) groups excluding carboxylic acids is 2. The standard InChI is InChI=1S/C25H36O4/c1-15(26)29-18-8-10-24(2)17(13-18)4-5-19-21-7-6-20(16-12-23(27)28-14-16)25(21,3)11-9-22(19)24/h7,16-20,22H,4-6,8-14H2,1-3H3/t16-,17+,18+,19+,20+,22-,24+,25-/m0/s1. The Morgan fingerprint density at radius 3 is 2.69 bits per heavy atom. The molecule has 8 atom stereocenters. The SMILES string of the molecule is CC(=O)O[C@@H]1CC[C@]2(C)[C@H](CC[C@@H]3C4=CC[C@H]([C@@H]5COC(=O)C5)[C@]4(C)CC[C@@H]32)C1. The first kappa shape index (κ1) is 19.6. The molecule has 4 aliphatic carbocycles. The predicted molar refractivity (Wildman–Crippen MR) is 110 cm³/mol. The molecule has 0 unspecified atom stereocenters. The Bertz CT molecular complexity index is 741. The van der Waals surface area contributed by atoms with E-state index in [-0.39, 0.29) is 23.5 Å². The van der Waals surface area contributed by atoms with Crippen LogP contribution in [-0.4, -0.2) is 24.6 Å². The fourth-order valence-corrected chi connectivity index (χ4v) is 8.43. The molecule has 3 saturated carbocycles. The molecule has 4 heteroatoms. The Labute approximate surface area is 174 Å². The van der Waals surface area contributed by atoms with E-state index in [0.29, 0.717) is 42.1 Å². The first-order valence-electron chi connectivity index (χ1n) is 11.8. The number of ether oxygens (including phenoxy) is 2. The van der Waals surface area contributed by atoms with Gasteiger partial charge in [-0.1, -0.05) is 25.5 Å². The van der Waals surface area contributed by atoms with Gasteiger partial charge >= 0.3 is 11.9 Å². The highest BCUT2D eigenvalue weighted by Crippen LogP contribution is 2.67. The van der Waals surface area contributed by atoms with Crippen LogP contribution in [0.1, 0.15) is 78.6 Å². The normalized spacial score (nSPS) is 48.8. The van der Waals surface area contributed by atoms with Crippen molar-refractivity contribution in [3.05, 3.63) is 11.6 Å². The summed E-state index contributed by atoms with van der Waals surface area (Å²) in [5.41, 5.74) is 2.37. The summed E-state index contributed by atoms with van der Waals surface area (Å²) in [5.74, 6) is 3.02. The van der Waals surface area contributed by atoms with Crippen LogP contribution in [-0.2, 0) is 19.1 Å². The summed E-state index contributed by atoms with van der Waals surface area (Å²) >= 11 is 0. The summed E-state index contributed by atoms with van der Waals surface area (Å²) < 4.78 is 10.9. The Morgan fingerprint density at radius 2 is 1.97 bits per heavy atom. The summed E-state index contributed by atoms with van der Waals surface area (Å²) in [6.45, 7) is 7.20. The molecule has 0 aromatic carbocycles. The number of hydrogen-bond donors (Lipinski definition) is 0. The van der Waals surface area contributed by atoms with E-state index in [2.05, 4.69) is 19.9 Å². The van der Waals surface area contributed by atoms with Crippen LogP contribution in [0.4, 0.5) is 0 Å². The molecule has 1 heterocycles. The average Bonchev–Trinajstić information content (AvgIpc) is 3.24. The fraction of sp³-hybridized carbons (Fsp3) is 0.840. The highest BCUT2D eigenvalue weighted by Gasteiger charge is 2.58. The lowest BCUT2D eigenvalue weighted by Gasteiger charge is -2.60. The van der Waals surface area contributed by atoms with Crippen molar-refractivity contribution in [3.8, 4) is 0 Å². The van der Waals surface area contributed by atoms with Crippen molar-refractivity contribution in [2.24, 2.45) is 40.4 Å². The van der Waals surface area contributed by atoms with Gasteiger partial charge < -0.3 is 9.47 Å². The maximum Gasteiger partial charge on any atom is 0.306 e. The van der Waals surface area contributed by atoms with Gasteiger partial charge in [0.1, 0.15) is 6.10 Å². The number of hydrogen-bond acceptors (Lipinski definition) is 4. The third kappa shape index (κ3) is 2.99. The van der Waals surface area contributed by atoms with Crippen molar-refractivity contribution in [1.82, 2.24) is 0 Å². The molecular formula is C25H36O4. The molecule has 160 valence electrons. The van der Waals surface area contributed by atoms with E-state index in [1.807, 2.05) is 0 Å². The molecule has 0 amide bonds. The number of carbonyl (C=O) groups is 2. The van der Waals surface area contributed by atoms with E-state index in [1.165, 1.54) is 32.1 Å². The van der Waals surface area contributed by atoms with Crippen LogP contribution >= 0.6 is 0 Å². The molecule has 0 N–H and O–H groups in total. The van der Waals surface area contributed by atoms with Crippen molar-refractivity contribution in [3.63, 3.8) is 0 Å². The Balaban J connectivity index is 1.34. The monoisotopic (exact) mass is 400 g/mol. The van der Waals surface area contributed by atoms with Crippen LogP contribution in [0.5, 0.6) is 0 Å². The molecule has 5 rings (SSSR count). The molecule has 0 aromatic heterocycles. The van der Waals surface area contributed by atoms with Gasteiger partial charge in [-0.05, 0) is 85.9 Å². The van der Waals surface area contributed by atoms with Gasteiger partial charge in [-0.15, -0.1) is 0 Å². The van der Waals surface area contributed by atoms with Crippen LogP contribution in [0, 0.1) is 40.4 Å². The molecule has 4 fully saturated rings. The number of allylic oxidation sites excluding steroid dienone is 2. The van der Waals surface area contributed by atoms with Gasteiger partial charge in [0, 0.05) is 12.8 Å². The molecule has 0 aromatic rings. The summed E-state index contributed by atoms with van der Waals surface area (Å²) in [6, 6.07) is 0. The topological polar surface area (TPSA) is 52.6 Å². The first-order valence-corrected chi connectivity index (χ1v) is 11.8. The van der Waals surface area contributed by atoms with Crippen molar-refractivity contribution in [1.29, 1.82) is 0 Å². The highest BCUT2D eigenvalue weighted by atomic mass is 16.5.